The van der Waals surface area contributed by atoms with Gasteiger partial charge >= 0.3 is 5.97 Å². The van der Waals surface area contributed by atoms with Crippen LogP contribution in [0, 0.1) is 28.6 Å². The summed E-state index contributed by atoms with van der Waals surface area (Å²) in [6.07, 6.45) is 6.57. The summed E-state index contributed by atoms with van der Waals surface area (Å²) in [6.45, 7) is 4.54. The van der Waals surface area contributed by atoms with Crippen molar-refractivity contribution in [3.8, 4) is 0 Å². The lowest BCUT2D eigenvalue weighted by Gasteiger charge is -2.57. The molecule has 0 radical (unpaired) electrons. The average molecular weight is 220 g/mol. The van der Waals surface area contributed by atoms with Crippen LogP contribution in [0.5, 0.6) is 0 Å². The lowest BCUT2D eigenvalue weighted by molar-refractivity contribution is -0.213. The number of hydrogen-bond acceptors (Lipinski definition) is 2. The first-order valence-corrected chi connectivity index (χ1v) is 6.72. The zero-order valence-electron chi connectivity index (χ0n) is 10.2. The summed E-state index contributed by atoms with van der Waals surface area (Å²) in [6, 6.07) is 0. The van der Waals surface area contributed by atoms with Crippen LogP contribution in [0.1, 0.15) is 46.0 Å². The molecule has 0 aromatic carbocycles. The van der Waals surface area contributed by atoms with Gasteiger partial charge < -0.3 is 4.74 Å². The van der Waals surface area contributed by atoms with Gasteiger partial charge in [0.05, 0.1) is 5.92 Å². The fraction of sp³-hybridized carbons (Fsp3) is 0.929. The predicted octanol–water partition coefficient (Wildman–Crippen LogP) is 2.76. The van der Waals surface area contributed by atoms with Crippen LogP contribution in [0.25, 0.3) is 0 Å². The molecule has 4 fully saturated rings. The first-order chi connectivity index (χ1) is 7.51. The van der Waals surface area contributed by atoms with E-state index in [9.17, 15) is 4.79 Å². The molecule has 5 unspecified atom stereocenters. The lowest BCUT2D eigenvalue weighted by atomic mass is 9.53. The van der Waals surface area contributed by atoms with Crippen molar-refractivity contribution in [2.45, 2.75) is 52.1 Å². The molecule has 3 aliphatic carbocycles. The third-order valence-electron chi connectivity index (χ3n) is 6.12. The molecular formula is C14H20O2. The maximum absolute atomic E-state index is 12.1. The van der Waals surface area contributed by atoms with Crippen molar-refractivity contribution < 1.29 is 9.53 Å². The van der Waals surface area contributed by atoms with Crippen molar-refractivity contribution in [3.63, 3.8) is 0 Å². The smallest absolute Gasteiger partial charge is 0.309 e. The first kappa shape index (κ1) is 9.49. The zero-order valence-corrected chi connectivity index (χ0v) is 10.2. The Hall–Kier alpha value is -0.530. The number of carbonyl (C=O) groups is 1. The van der Waals surface area contributed by atoms with Gasteiger partial charge in [-0.1, -0.05) is 13.8 Å². The van der Waals surface area contributed by atoms with E-state index < -0.39 is 0 Å². The Morgan fingerprint density at radius 2 is 2.00 bits per heavy atom. The highest BCUT2D eigenvalue weighted by molar-refractivity contribution is 5.75. The minimum Gasteiger partial charge on any atom is -0.462 e. The summed E-state index contributed by atoms with van der Waals surface area (Å²) in [7, 11) is 0. The van der Waals surface area contributed by atoms with E-state index in [0.29, 0.717) is 11.5 Å². The third kappa shape index (κ3) is 0.892. The SMILES string of the molecule is CC1(C)CC2CC3CC4OC(=O)C1CC34C2. The van der Waals surface area contributed by atoms with Gasteiger partial charge in [-0.3, -0.25) is 4.79 Å². The molecule has 1 heterocycles. The van der Waals surface area contributed by atoms with Crippen LogP contribution < -0.4 is 0 Å². The summed E-state index contributed by atoms with van der Waals surface area (Å²) in [4.78, 5) is 12.1. The topological polar surface area (TPSA) is 26.3 Å². The third-order valence-corrected chi connectivity index (χ3v) is 6.12. The molecule has 0 aromatic heterocycles. The maximum atomic E-state index is 12.1. The van der Waals surface area contributed by atoms with E-state index in [-0.39, 0.29) is 17.3 Å². The standard InChI is InChI=1S/C14H20O2/c1-13(2)5-8-3-9-4-11-14(9,6-8)7-10(13)12(15)16-11/h8-11H,3-7H2,1-2H3. The number of carbonyl (C=O) groups excluding carboxylic acids is 1. The van der Waals surface area contributed by atoms with E-state index in [2.05, 4.69) is 13.8 Å². The van der Waals surface area contributed by atoms with Gasteiger partial charge in [0.15, 0.2) is 0 Å². The van der Waals surface area contributed by atoms with Crippen molar-refractivity contribution in [1.29, 1.82) is 0 Å². The van der Waals surface area contributed by atoms with Gasteiger partial charge in [0, 0.05) is 5.41 Å². The van der Waals surface area contributed by atoms with Gasteiger partial charge in [0.2, 0.25) is 0 Å². The molecule has 1 saturated heterocycles. The summed E-state index contributed by atoms with van der Waals surface area (Å²) < 4.78 is 5.72. The van der Waals surface area contributed by atoms with Crippen LogP contribution in [0.2, 0.25) is 0 Å². The van der Waals surface area contributed by atoms with Crippen LogP contribution in [-0.4, -0.2) is 12.1 Å². The van der Waals surface area contributed by atoms with Gasteiger partial charge in [0.1, 0.15) is 6.10 Å². The van der Waals surface area contributed by atoms with Crippen LogP contribution in [0.3, 0.4) is 0 Å². The fourth-order valence-electron chi connectivity index (χ4n) is 5.35. The molecule has 3 bridgehead atoms. The Morgan fingerprint density at radius 3 is 2.81 bits per heavy atom. The monoisotopic (exact) mass is 220 g/mol. The molecule has 2 nitrogen and oxygen atoms in total. The van der Waals surface area contributed by atoms with E-state index in [4.69, 9.17) is 4.74 Å². The maximum Gasteiger partial charge on any atom is 0.309 e. The molecule has 4 rings (SSSR count). The molecule has 16 heavy (non-hydrogen) atoms. The van der Waals surface area contributed by atoms with E-state index >= 15 is 0 Å². The van der Waals surface area contributed by atoms with E-state index in [1.807, 2.05) is 0 Å². The summed E-state index contributed by atoms with van der Waals surface area (Å²) >= 11 is 0. The Kier molecular flexibility index (Phi) is 1.48. The number of esters is 1. The largest absolute Gasteiger partial charge is 0.462 e. The molecule has 1 aliphatic heterocycles. The highest BCUT2D eigenvalue weighted by Gasteiger charge is 2.68. The van der Waals surface area contributed by atoms with Gasteiger partial charge in [-0.2, -0.15) is 0 Å². The minimum absolute atomic E-state index is 0.103. The molecule has 0 amide bonds. The van der Waals surface area contributed by atoms with Crippen LogP contribution in [-0.2, 0) is 9.53 Å². The van der Waals surface area contributed by atoms with Crippen molar-refractivity contribution >= 4 is 5.97 Å². The van der Waals surface area contributed by atoms with E-state index in [1.165, 1.54) is 19.3 Å². The fourth-order valence-corrected chi connectivity index (χ4v) is 5.35. The number of rotatable bonds is 0. The Balaban J connectivity index is 1.81. The van der Waals surface area contributed by atoms with Crippen molar-refractivity contribution in [2.24, 2.45) is 28.6 Å². The Bertz CT molecular complexity index is 373. The predicted molar refractivity (Wildman–Crippen MR) is 59.6 cm³/mol. The second kappa shape index (κ2) is 2.49. The molecular weight excluding hydrogens is 200 g/mol. The molecule has 0 N–H and O–H groups in total. The first-order valence-electron chi connectivity index (χ1n) is 6.72. The van der Waals surface area contributed by atoms with Gasteiger partial charge in [0.25, 0.3) is 0 Å². The number of fused-ring (bicyclic) bond motifs is 2. The molecule has 5 atom stereocenters. The van der Waals surface area contributed by atoms with Crippen molar-refractivity contribution in [3.05, 3.63) is 0 Å². The van der Waals surface area contributed by atoms with Gasteiger partial charge in [-0.15, -0.1) is 0 Å². The lowest BCUT2D eigenvalue weighted by Crippen LogP contribution is -2.59. The quantitative estimate of drug-likeness (QED) is 0.587. The highest BCUT2D eigenvalue weighted by Crippen LogP contribution is 2.70. The summed E-state index contributed by atoms with van der Waals surface area (Å²) in [5.74, 6) is 2.03. The van der Waals surface area contributed by atoms with Gasteiger partial charge in [-0.25, -0.2) is 0 Å². The van der Waals surface area contributed by atoms with E-state index in [0.717, 1.165) is 24.7 Å². The second-order valence-corrected chi connectivity index (χ2v) is 7.35. The molecule has 4 aliphatic rings. The Labute approximate surface area is 96.7 Å². The summed E-state index contributed by atoms with van der Waals surface area (Å²) in [5.41, 5.74) is 0.591. The zero-order chi connectivity index (χ0) is 11.1. The molecule has 2 heteroatoms. The average Bonchev–Trinajstić information content (AvgIpc) is 2.37. The van der Waals surface area contributed by atoms with E-state index in [1.54, 1.807) is 0 Å². The molecule has 3 saturated carbocycles. The van der Waals surface area contributed by atoms with Crippen LogP contribution in [0.15, 0.2) is 0 Å². The molecule has 0 aromatic rings. The van der Waals surface area contributed by atoms with Crippen molar-refractivity contribution in [2.75, 3.05) is 0 Å². The second-order valence-electron chi connectivity index (χ2n) is 7.35. The molecule has 1 spiro atoms. The minimum atomic E-state index is 0.103. The number of hydrogen-bond donors (Lipinski definition) is 0. The van der Waals surface area contributed by atoms with Gasteiger partial charge in [-0.05, 0) is 49.4 Å². The number of ether oxygens (including phenoxy) is 1. The summed E-state index contributed by atoms with van der Waals surface area (Å²) in [5, 5.41) is 0. The van der Waals surface area contributed by atoms with Crippen LogP contribution in [0.4, 0.5) is 0 Å². The molecule has 88 valence electrons. The van der Waals surface area contributed by atoms with Crippen LogP contribution >= 0.6 is 0 Å². The Morgan fingerprint density at radius 1 is 1.19 bits per heavy atom. The normalized spacial score (nSPS) is 56.2. The van der Waals surface area contributed by atoms with Crippen molar-refractivity contribution in [1.82, 2.24) is 0 Å². The highest BCUT2D eigenvalue weighted by atomic mass is 16.5.